The number of nitrogens with one attached hydrogen (secondary N) is 1. The summed E-state index contributed by atoms with van der Waals surface area (Å²) in [6.45, 7) is 2.66. The summed E-state index contributed by atoms with van der Waals surface area (Å²) in [5.74, 6) is -0.211. The van der Waals surface area contributed by atoms with Crippen molar-refractivity contribution in [3.8, 4) is 0 Å². The molecule has 3 heteroatoms. The van der Waals surface area contributed by atoms with Crippen molar-refractivity contribution in [2.45, 2.75) is 19.0 Å². The van der Waals surface area contributed by atoms with Crippen LogP contribution >= 0.6 is 0 Å². The van der Waals surface area contributed by atoms with Gasteiger partial charge in [-0.2, -0.15) is 0 Å². The van der Waals surface area contributed by atoms with Crippen molar-refractivity contribution in [3.05, 3.63) is 71.5 Å². The van der Waals surface area contributed by atoms with Gasteiger partial charge in [-0.15, -0.1) is 0 Å². The zero-order valence-electron chi connectivity index (χ0n) is 11.8. The minimum absolute atomic E-state index is 0.112. The summed E-state index contributed by atoms with van der Waals surface area (Å²) in [6.07, 6.45) is 0. The number of ether oxygens (including phenoxy) is 1. The van der Waals surface area contributed by atoms with E-state index in [-0.39, 0.29) is 17.9 Å². The van der Waals surface area contributed by atoms with Crippen LogP contribution in [-0.4, -0.2) is 13.7 Å². The van der Waals surface area contributed by atoms with Crippen molar-refractivity contribution in [3.63, 3.8) is 0 Å². The fourth-order valence-electron chi connectivity index (χ4n) is 2.24. The van der Waals surface area contributed by atoms with Crippen molar-refractivity contribution in [1.29, 1.82) is 0 Å². The molecule has 2 aromatic rings. The van der Waals surface area contributed by atoms with Crippen LogP contribution in [0.1, 0.15) is 30.1 Å². The Morgan fingerprint density at radius 1 is 1.00 bits per heavy atom. The zero-order valence-corrected chi connectivity index (χ0v) is 11.8. The number of hydrogen-bond donors (Lipinski definition) is 1. The number of benzene rings is 2. The number of halogens is 1. The lowest BCUT2D eigenvalue weighted by Gasteiger charge is -2.23. The van der Waals surface area contributed by atoms with Crippen LogP contribution in [0.3, 0.4) is 0 Å². The highest BCUT2D eigenvalue weighted by atomic mass is 19.1. The maximum atomic E-state index is 13.0. The zero-order chi connectivity index (χ0) is 14.4. The molecule has 1 N–H and O–H groups in total. The average molecular weight is 273 g/mol. The normalized spacial score (nSPS) is 13.9. The molecular weight excluding hydrogens is 253 g/mol. The summed E-state index contributed by atoms with van der Waals surface area (Å²) in [5.41, 5.74) is 2.24. The molecule has 2 nitrogen and oxygen atoms in total. The fourth-order valence-corrected chi connectivity index (χ4v) is 2.24. The summed E-state index contributed by atoms with van der Waals surface area (Å²) in [5, 5.41) is 3.52. The summed E-state index contributed by atoms with van der Waals surface area (Å²) in [6, 6.07) is 17.0. The third-order valence-corrected chi connectivity index (χ3v) is 3.36. The van der Waals surface area contributed by atoms with Crippen molar-refractivity contribution < 1.29 is 9.13 Å². The van der Waals surface area contributed by atoms with E-state index in [1.54, 1.807) is 7.11 Å². The lowest BCUT2D eigenvalue weighted by Crippen LogP contribution is -2.28. The van der Waals surface area contributed by atoms with Crippen molar-refractivity contribution in [2.24, 2.45) is 0 Å². The third kappa shape index (κ3) is 3.89. The second kappa shape index (κ2) is 7.17. The van der Waals surface area contributed by atoms with Crippen LogP contribution in [-0.2, 0) is 4.74 Å². The quantitative estimate of drug-likeness (QED) is 0.862. The fraction of sp³-hybridized carbons (Fsp3) is 0.294. The average Bonchev–Trinajstić information content (AvgIpc) is 2.48. The van der Waals surface area contributed by atoms with Gasteiger partial charge in [-0.3, -0.25) is 0 Å². The van der Waals surface area contributed by atoms with Crippen LogP contribution in [0.4, 0.5) is 4.39 Å². The van der Waals surface area contributed by atoms with Gasteiger partial charge in [0.15, 0.2) is 0 Å². The third-order valence-electron chi connectivity index (χ3n) is 3.36. The van der Waals surface area contributed by atoms with E-state index in [2.05, 4.69) is 24.4 Å². The molecule has 20 heavy (non-hydrogen) atoms. The Hall–Kier alpha value is -1.71. The molecule has 0 aliphatic carbocycles. The Kier molecular flexibility index (Phi) is 5.27. The van der Waals surface area contributed by atoms with Gasteiger partial charge < -0.3 is 10.1 Å². The standard InChI is InChI=1S/C17H20FNO/c1-13(14-8-10-16(18)11-9-14)19-17(12-20-2)15-6-4-3-5-7-15/h3-11,13,17,19H,12H2,1-2H3. The largest absolute Gasteiger partial charge is 0.383 e. The summed E-state index contributed by atoms with van der Waals surface area (Å²) >= 11 is 0. The predicted molar refractivity (Wildman–Crippen MR) is 79.0 cm³/mol. The highest BCUT2D eigenvalue weighted by molar-refractivity contribution is 5.22. The van der Waals surface area contributed by atoms with Crippen LogP contribution in [0.2, 0.25) is 0 Å². The van der Waals surface area contributed by atoms with Crippen molar-refractivity contribution in [1.82, 2.24) is 5.32 Å². The van der Waals surface area contributed by atoms with Gasteiger partial charge in [-0.05, 0) is 30.2 Å². The Morgan fingerprint density at radius 3 is 2.25 bits per heavy atom. The number of hydrogen-bond acceptors (Lipinski definition) is 2. The maximum absolute atomic E-state index is 13.0. The van der Waals surface area contributed by atoms with E-state index in [9.17, 15) is 4.39 Å². The Bertz CT molecular complexity index is 512. The lowest BCUT2D eigenvalue weighted by atomic mass is 10.0. The first-order valence-corrected chi connectivity index (χ1v) is 6.76. The molecule has 0 saturated carbocycles. The first-order chi connectivity index (χ1) is 9.70. The van der Waals surface area contributed by atoms with E-state index < -0.39 is 0 Å². The molecule has 2 aromatic carbocycles. The van der Waals surface area contributed by atoms with Crippen LogP contribution in [0, 0.1) is 5.82 Å². The number of rotatable bonds is 6. The van der Waals surface area contributed by atoms with Gasteiger partial charge in [0.1, 0.15) is 5.82 Å². The van der Waals surface area contributed by atoms with Gasteiger partial charge in [0.25, 0.3) is 0 Å². The Balaban J connectivity index is 2.10. The second-order valence-corrected chi connectivity index (χ2v) is 4.86. The molecule has 0 aromatic heterocycles. The molecule has 0 saturated heterocycles. The van der Waals surface area contributed by atoms with E-state index in [0.29, 0.717) is 6.61 Å². The molecule has 0 heterocycles. The topological polar surface area (TPSA) is 21.3 Å². The van der Waals surface area contributed by atoms with Crippen LogP contribution in [0.5, 0.6) is 0 Å². The maximum Gasteiger partial charge on any atom is 0.123 e. The molecule has 106 valence electrons. The molecule has 0 aliphatic rings. The molecule has 0 amide bonds. The minimum Gasteiger partial charge on any atom is -0.383 e. The Morgan fingerprint density at radius 2 is 1.65 bits per heavy atom. The SMILES string of the molecule is COCC(NC(C)c1ccc(F)cc1)c1ccccc1. The van der Waals surface area contributed by atoms with Gasteiger partial charge in [0, 0.05) is 13.2 Å². The second-order valence-electron chi connectivity index (χ2n) is 4.86. The van der Waals surface area contributed by atoms with Crippen LogP contribution in [0.15, 0.2) is 54.6 Å². The molecule has 2 atom stereocenters. The van der Waals surface area contributed by atoms with E-state index in [1.165, 1.54) is 17.7 Å². The smallest absolute Gasteiger partial charge is 0.123 e. The Labute approximate surface area is 119 Å². The highest BCUT2D eigenvalue weighted by Crippen LogP contribution is 2.20. The molecule has 2 unspecified atom stereocenters. The van der Waals surface area contributed by atoms with Crippen LogP contribution < -0.4 is 5.32 Å². The molecule has 2 rings (SSSR count). The van der Waals surface area contributed by atoms with E-state index in [0.717, 1.165) is 5.56 Å². The van der Waals surface area contributed by atoms with Gasteiger partial charge in [-0.25, -0.2) is 4.39 Å². The molecule has 0 spiro atoms. The van der Waals surface area contributed by atoms with Gasteiger partial charge in [0.2, 0.25) is 0 Å². The summed E-state index contributed by atoms with van der Waals surface area (Å²) < 4.78 is 18.2. The van der Waals surface area contributed by atoms with Crippen molar-refractivity contribution >= 4 is 0 Å². The summed E-state index contributed by atoms with van der Waals surface area (Å²) in [7, 11) is 1.69. The van der Waals surface area contributed by atoms with E-state index in [4.69, 9.17) is 4.74 Å². The van der Waals surface area contributed by atoms with Crippen LogP contribution in [0.25, 0.3) is 0 Å². The predicted octanol–water partition coefficient (Wildman–Crippen LogP) is 3.86. The monoisotopic (exact) mass is 273 g/mol. The molecule has 0 bridgehead atoms. The first-order valence-electron chi connectivity index (χ1n) is 6.76. The molecule has 0 aliphatic heterocycles. The number of methoxy groups -OCH3 is 1. The minimum atomic E-state index is -0.211. The van der Waals surface area contributed by atoms with Gasteiger partial charge >= 0.3 is 0 Å². The first kappa shape index (κ1) is 14.7. The van der Waals surface area contributed by atoms with Gasteiger partial charge in [-0.1, -0.05) is 42.5 Å². The molecule has 0 radical (unpaired) electrons. The van der Waals surface area contributed by atoms with Gasteiger partial charge in [0.05, 0.1) is 12.6 Å². The molecular formula is C17H20FNO. The van der Waals surface area contributed by atoms with E-state index in [1.807, 2.05) is 30.3 Å². The molecule has 0 fully saturated rings. The lowest BCUT2D eigenvalue weighted by molar-refractivity contribution is 0.162. The van der Waals surface area contributed by atoms with Crippen molar-refractivity contribution in [2.75, 3.05) is 13.7 Å². The summed E-state index contributed by atoms with van der Waals surface area (Å²) in [4.78, 5) is 0. The van der Waals surface area contributed by atoms with E-state index >= 15 is 0 Å². The highest BCUT2D eigenvalue weighted by Gasteiger charge is 2.15.